The average Bonchev–Trinajstić information content (AvgIpc) is 2.57. The number of halogens is 1. The second-order valence-corrected chi connectivity index (χ2v) is 3.94. The van der Waals surface area contributed by atoms with Gasteiger partial charge in [-0.1, -0.05) is 22.0 Å². The fourth-order valence-corrected chi connectivity index (χ4v) is 1.63. The van der Waals surface area contributed by atoms with Crippen molar-refractivity contribution in [3.8, 4) is 5.69 Å². The maximum atomic E-state index is 5.70. The molecule has 2 rings (SSSR count). The molecule has 1 heterocycles. The van der Waals surface area contributed by atoms with Gasteiger partial charge in [0.1, 0.15) is 0 Å². The molecular weight excluding hydrogens is 242 g/mol. The van der Waals surface area contributed by atoms with Gasteiger partial charge in [0.15, 0.2) is 0 Å². The van der Waals surface area contributed by atoms with Crippen molar-refractivity contribution in [1.82, 2.24) is 9.55 Å². The van der Waals surface area contributed by atoms with Crippen LogP contribution in [0.4, 0.5) is 5.95 Å². The van der Waals surface area contributed by atoms with Gasteiger partial charge in [0.25, 0.3) is 0 Å². The van der Waals surface area contributed by atoms with E-state index in [0.717, 1.165) is 10.2 Å². The molecule has 2 aromatic rings. The first-order valence-corrected chi connectivity index (χ1v) is 5.03. The monoisotopic (exact) mass is 251 g/mol. The molecule has 14 heavy (non-hydrogen) atoms. The van der Waals surface area contributed by atoms with Gasteiger partial charge in [-0.05, 0) is 24.6 Å². The van der Waals surface area contributed by atoms with Gasteiger partial charge in [-0.3, -0.25) is 4.57 Å². The zero-order valence-electron chi connectivity index (χ0n) is 7.74. The third kappa shape index (κ3) is 1.53. The number of hydrogen-bond acceptors (Lipinski definition) is 2. The van der Waals surface area contributed by atoms with Crippen LogP contribution >= 0.6 is 15.9 Å². The number of nitrogen functional groups attached to an aromatic ring is 1. The molecule has 0 amide bonds. The van der Waals surface area contributed by atoms with Gasteiger partial charge < -0.3 is 5.73 Å². The van der Waals surface area contributed by atoms with E-state index in [9.17, 15) is 0 Å². The number of rotatable bonds is 1. The van der Waals surface area contributed by atoms with Crippen LogP contribution in [0.2, 0.25) is 0 Å². The van der Waals surface area contributed by atoms with Crippen LogP contribution in [0.5, 0.6) is 0 Å². The van der Waals surface area contributed by atoms with Gasteiger partial charge in [0, 0.05) is 22.6 Å². The van der Waals surface area contributed by atoms with Crippen molar-refractivity contribution in [1.29, 1.82) is 0 Å². The van der Waals surface area contributed by atoms with E-state index >= 15 is 0 Å². The lowest BCUT2D eigenvalue weighted by molar-refractivity contribution is 1.07. The zero-order chi connectivity index (χ0) is 10.1. The number of aromatic nitrogens is 2. The van der Waals surface area contributed by atoms with E-state index in [-0.39, 0.29) is 0 Å². The molecule has 0 atom stereocenters. The van der Waals surface area contributed by atoms with Gasteiger partial charge in [0.05, 0.1) is 0 Å². The van der Waals surface area contributed by atoms with Crippen molar-refractivity contribution in [2.45, 2.75) is 6.92 Å². The maximum absolute atomic E-state index is 5.70. The third-order valence-electron chi connectivity index (χ3n) is 2.10. The molecule has 0 saturated heterocycles. The second-order valence-electron chi connectivity index (χ2n) is 3.09. The first-order chi connectivity index (χ1) is 6.68. The van der Waals surface area contributed by atoms with Crippen molar-refractivity contribution < 1.29 is 0 Å². The Morgan fingerprint density at radius 1 is 1.43 bits per heavy atom. The highest BCUT2D eigenvalue weighted by Crippen LogP contribution is 2.21. The van der Waals surface area contributed by atoms with Crippen LogP contribution in [0.25, 0.3) is 5.69 Å². The predicted octanol–water partition coefficient (Wildman–Crippen LogP) is 2.53. The largest absolute Gasteiger partial charge is 0.369 e. The Labute approximate surface area is 90.7 Å². The highest BCUT2D eigenvalue weighted by Gasteiger charge is 2.02. The third-order valence-corrected chi connectivity index (χ3v) is 2.96. The number of nitrogens with zero attached hydrogens (tertiary/aromatic N) is 2. The lowest BCUT2D eigenvalue weighted by atomic mass is 10.2. The van der Waals surface area contributed by atoms with Crippen LogP contribution in [-0.4, -0.2) is 9.55 Å². The first-order valence-electron chi connectivity index (χ1n) is 4.24. The molecule has 0 aliphatic heterocycles. The summed E-state index contributed by atoms with van der Waals surface area (Å²) in [5.41, 5.74) is 7.91. The van der Waals surface area contributed by atoms with E-state index in [0.29, 0.717) is 5.95 Å². The fraction of sp³-hybridized carbons (Fsp3) is 0.100. The number of benzene rings is 1. The number of aryl methyl sites for hydroxylation is 1. The van der Waals surface area contributed by atoms with Gasteiger partial charge in [-0.15, -0.1) is 0 Å². The Morgan fingerprint density at radius 2 is 2.21 bits per heavy atom. The van der Waals surface area contributed by atoms with Crippen LogP contribution < -0.4 is 5.73 Å². The molecule has 0 spiro atoms. The van der Waals surface area contributed by atoms with Crippen LogP contribution in [0.15, 0.2) is 35.1 Å². The molecule has 0 aliphatic rings. The number of nitrogens with two attached hydrogens (primary N) is 1. The standard InChI is InChI=1S/C10H10BrN3/c1-7-2-3-8(6-9(7)11)14-5-4-13-10(14)12/h2-6H,1H3,(H2,12,13). The van der Waals surface area contributed by atoms with Gasteiger partial charge in [-0.25, -0.2) is 4.98 Å². The molecule has 0 fully saturated rings. The van der Waals surface area contributed by atoms with Gasteiger partial charge in [0.2, 0.25) is 5.95 Å². The highest BCUT2D eigenvalue weighted by molar-refractivity contribution is 9.10. The molecule has 72 valence electrons. The summed E-state index contributed by atoms with van der Waals surface area (Å²) in [6.07, 6.45) is 3.52. The van der Waals surface area contributed by atoms with E-state index in [1.165, 1.54) is 5.56 Å². The normalized spacial score (nSPS) is 10.4. The quantitative estimate of drug-likeness (QED) is 0.847. The molecule has 0 aliphatic carbocycles. The summed E-state index contributed by atoms with van der Waals surface area (Å²) in [6.45, 7) is 2.05. The molecular formula is C10H10BrN3. The Bertz CT molecular complexity index is 462. The van der Waals surface area contributed by atoms with E-state index in [2.05, 4.69) is 20.9 Å². The molecule has 0 unspecified atom stereocenters. The van der Waals surface area contributed by atoms with Crippen LogP contribution in [0.1, 0.15) is 5.56 Å². The molecule has 3 nitrogen and oxygen atoms in total. The van der Waals surface area contributed by atoms with E-state index in [4.69, 9.17) is 5.73 Å². The zero-order valence-corrected chi connectivity index (χ0v) is 9.32. The summed E-state index contributed by atoms with van der Waals surface area (Å²) < 4.78 is 2.91. The van der Waals surface area contributed by atoms with Crippen molar-refractivity contribution in [2.24, 2.45) is 0 Å². The summed E-state index contributed by atoms with van der Waals surface area (Å²) in [4.78, 5) is 3.97. The van der Waals surface area contributed by atoms with E-state index < -0.39 is 0 Å². The van der Waals surface area contributed by atoms with Crippen LogP contribution in [0.3, 0.4) is 0 Å². The highest BCUT2D eigenvalue weighted by atomic mass is 79.9. The van der Waals surface area contributed by atoms with Crippen molar-refractivity contribution >= 4 is 21.9 Å². The summed E-state index contributed by atoms with van der Waals surface area (Å²) in [5, 5.41) is 0. The summed E-state index contributed by atoms with van der Waals surface area (Å²) >= 11 is 3.48. The molecule has 4 heteroatoms. The lowest BCUT2D eigenvalue weighted by Gasteiger charge is -2.06. The average molecular weight is 252 g/mol. The smallest absolute Gasteiger partial charge is 0.204 e. The molecule has 2 N–H and O–H groups in total. The molecule has 1 aromatic heterocycles. The van der Waals surface area contributed by atoms with Crippen LogP contribution in [-0.2, 0) is 0 Å². The Kier molecular flexibility index (Phi) is 2.29. The van der Waals surface area contributed by atoms with Crippen molar-refractivity contribution in [3.63, 3.8) is 0 Å². The van der Waals surface area contributed by atoms with Crippen molar-refractivity contribution in [2.75, 3.05) is 5.73 Å². The van der Waals surface area contributed by atoms with Crippen molar-refractivity contribution in [3.05, 3.63) is 40.6 Å². The minimum absolute atomic E-state index is 0.501. The summed E-state index contributed by atoms with van der Waals surface area (Å²) in [7, 11) is 0. The SMILES string of the molecule is Cc1ccc(-n2ccnc2N)cc1Br. The topological polar surface area (TPSA) is 43.8 Å². The minimum Gasteiger partial charge on any atom is -0.369 e. The van der Waals surface area contributed by atoms with Crippen LogP contribution in [0, 0.1) is 6.92 Å². The molecule has 1 aromatic carbocycles. The number of anilines is 1. The number of hydrogen-bond donors (Lipinski definition) is 1. The fourth-order valence-electron chi connectivity index (χ4n) is 1.26. The minimum atomic E-state index is 0.501. The summed E-state index contributed by atoms with van der Waals surface area (Å²) in [6, 6.07) is 6.07. The Morgan fingerprint density at radius 3 is 2.79 bits per heavy atom. The molecule has 0 radical (unpaired) electrons. The van der Waals surface area contributed by atoms with E-state index in [1.54, 1.807) is 6.20 Å². The maximum Gasteiger partial charge on any atom is 0.204 e. The van der Waals surface area contributed by atoms with E-state index in [1.807, 2.05) is 35.9 Å². The molecule has 0 bridgehead atoms. The predicted molar refractivity (Wildman–Crippen MR) is 60.4 cm³/mol. The first kappa shape index (κ1) is 9.27. The van der Waals surface area contributed by atoms with Gasteiger partial charge >= 0.3 is 0 Å². The summed E-state index contributed by atoms with van der Waals surface area (Å²) in [5.74, 6) is 0.501. The Balaban J connectivity index is 2.53. The van der Waals surface area contributed by atoms with Gasteiger partial charge in [-0.2, -0.15) is 0 Å². The Hall–Kier alpha value is -1.29. The second kappa shape index (κ2) is 3.46. The number of imidazole rings is 1. The lowest BCUT2D eigenvalue weighted by Crippen LogP contribution is -1.99. The molecule has 0 saturated carbocycles.